The van der Waals surface area contributed by atoms with Gasteiger partial charge in [-0.15, -0.1) is 0 Å². The number of hydrogen-bond acceptors (Lipinski definition) is 1. The van der Waals surface area contributed by atoms with E-state index in [0.717, 1.165) is 22.9 Å². The molecule has 0 spiro atoms. The zero-order valence-electron chi connectivity index (χ0n) is 11.8. The third kappa shape index (κ3) is 2.47. The number of benzene rings is 2. The maximum absolute atomic E-state index is 12.9. The molecule has 3 heteroatoms. The van der Waals surface area contributed by atoms with Gasteiger partial charge in [-0.25, -0.2) is 0 Å². The SMILES string of the molecule is CCC(C(=O)c1c[nH]c2cccc(Cl)c12)c1ccccc1. The van der Waals surface area contributed by atoms with E-state index in [9.17, 15) is 4.79 Å². The average molecular weight is 298 g/mol. The van der Waals surface area contributed by atoms with Crippen LogP contribution in [0.2, 0.25) is 5.02 Å². The molecule has 1 atom stereocenters. The monoisotopic (exact) mass is 297 g/mol. The summed E-state index contributed by atoms with van der Waals surface area (Å²) in [6.45, 7) is 2.03. The Hall–Kier alpha value is -2.06. The molecule has 0 aliphatic rings. The highest BCUT2D eigenvalue weighted by Gasteiger charge is 2.23. The molecule has 3 aromatic rings. The first-order valence-electron chi connectivity index (χ1n) is 7.07. The van der Waals surface area contributed by atoms with Crippen molar-refractivity contribution in [2.75, 3.05) is 0 Å². The zero-order chi connectivity index (χ0) is 14.8. The maximum atomic E-state index is 12.9. The summed E-state index contributed by atoms with van der Waals surface area (Å²) in [5.41, 5.74) is 2.62. The van der Waals surface area contributed by atoms with Gasteiger partial charge in [-0.05, 0) is 24.1 Å². The second-order valence-electron chi connectivity index (χ2n) is 5.10. The molecule has 0 saturated heterocycles. The number of aromatic nitrogens is 1. The molecule has 0 aliphatic heterocycles. The van der Waals surface area contributed by atoms with Crippen molar-refractivity contribution in [2.45, 2.75) is 19.3 Å². The van der Waals surface area contributed by atoms with E-state index in [-0.39, 0.29) is 11.7 Å². The number of aromatic amines is 1. The fourth-order valence-electron chi connectivity index (χ4n) is 2.78. The van der Waals surface area contributed by atoms with Crippen LogP contribution in [0.4, 0.5) is 0 Å². The lowest BCUT2D eigenvalue weighted by atomic mass is 9.88. The molecule has 2 nitrogen and oxygen atoms in total. The summed E-state index contributed by atoms with van der Waals surface area (Å²) in [5, 5.41) is 1.43. The molecule has 0 aliphatic carbocycles. The van der Waals surface area contributed by atoms with Crippen LogP contribution in [0.25, 0.3) is 10.9 Å². The minimum atomic E-state index is -0.138. The first-order valence-corrected chi connectivity index (χ1v) is 7.45. The Kier molecular flexibility index (Phi) is 3.80. The lowest BCUT2D eigenvalue weighted by Gasteiger charge is -2.14. The Labute approximate surface area is 128 Å². The molecule has 0 amide bonds. The molecule has 106 valence electrons. The highest BCUT2D eigenvalue weighted by Crippen LogP contribution is 2.31. The third-order valence-corrected chi connectivity index (χ3v) is 4.16. The Morgan fingerprint density at radius 2 is 1.90 bits per heavy atom. The Balaban J connectivity index is 2.07. The molecule has 2 aromatic carbocycles. The molecule has 1 N–H and O–H groups in total. The van der Waals surface area contributed by atoms with E-state index in [1.165, 1.54) is 0 Å². The van der Waals surface area contributed by atoms with Gasteiger partial charge in [0.1, 0.15) is 0 Å². The fraction of sp³-hybridized carbons (Fsp3) is 0.167. The van der Waals surface area contributed by atoms with Gasteiger partial charge in [0, 0.05) is 28.6 Å². The molecule has 0 saturated carbocycles. The number of halogens is 1. The summed E-state index contributed by atoms with van der Waals surface area (Å²) < 4.78 is 0. The first-order chi connectivity index (χ1) is 10.2. The van der Waals surface area contributed by atoms with Crippen molar-refractivity contribution in [3.8, 4) is 0 Å². The van der Waals surface area contributed by atoms with E-state index in [0.29, 0.717) is 10.6 Å². The Morgan fingerprint density at radius 1 is 1.14 bits per heavy atom. The van der Waals surface area contributed by atoms with Gasteiger partial charge in [-0.1, -0.05) is 54.9 Å². The van der Waals surface area contributed by atoms with Gasteiger partial charge in [-0.3, -0.25) is 4.79 Å². The van der Waals surface area contributed by atoms with E-state index in [2.05, 4.69) is 4.98 Å². The van der Waals surface area contributed by atoms with Crippen molar-refractivity contribution in [3.63, 3.8) is 0 Å². The third-order valence-electron chi connectivity index (χ3n) is 3.85. The van der Waals surface area contributed by atoms with Gasteiger partial charge >= 0.3 is 0 Å². The number of fused-ring (bicyclic) bond motifs is 1. The number of carbonyl (C=O) groups excluding carboxylic acids is 1. The molecule has 1 unspecified atom stereocenters. The number of ketones is 1. The Morgan fingerprint density at radius 3 is 2.62 bits per heavy atom. The fourth-order valence-corrected chi connectivity index (χ4v) is 3.06. The van der Waals surface area contributed by atoms with Gasteiger partial charge in [0.05, 0.1) is 5.02 Å². The van der Waals surface area contributed by atoms with Gasteiger partial charge < -0.3 is 4.98 Å². The summed E-state index contributed by atoms with van der Waals surface area (Å²) in [4.78, 5) is 16.1. The van der Waals surface area contributed by atoms with Crippen LogP contribution in [0.5, 0.6) is 0 Å². The molecule has 21 heavy (non-hydrogen) atoms. The minimum absolute atomic E-state index is 0.114. The van der Waals surface area contributed by atoms with E-state index < -0.39 is 0 Å². The number of nitrogens with one attached hydrogen (secondary N) is 1. The molecule has 0 bridgehead atoms. The minimum Gasteiger partial charge on any atom is -0.360 e. The van der Waals surface area contributed by atoms with Gasteiger partial charge in [0.15, 0.2) is 5.78 Å². The predicted molar refractivity (Wildman–Crippen MR) is 87.1 cm³/mol. The summed E-state index contributed by atoms with van der Waals surface area (Å²) in [5.74, 6) is -0.0236. The molecule has 1 heterocycles. The molecule has 0 radical (unpaired) electrons. The predicted octanol–water partition coefficient (Wildman–Crippen LogP) is 5.20. The molecule has 1 aromatic heterocycles. The van der Waals surface area contributed by atoms with E-state index >= 15 is 0 Å². The van der Waals surface area contributed by atoms with Crippen LogP contribution in [0.15, 0.2) is 54.7 Å². The molecule has 0 fully saturated rings. The van der Waals surface area contributed by atoms with Crippen molar-refractivity contribution in [1.82, 2.24) is 4.98 Å². The molecular weight excluding hydrogens is 282 g/mol. The van der Waals surface area contributed by atoms with Gasteiger partial charge in [0.2, 0.25) is 0 Å². The second kappa shape index (κ2) is 5.74. The van der Waals surface area contributed by atoms with Crippen molar-refractivity contribution in [1.29, 1.82) is 0 Å². The number of hydrogen-bond donors (Lipinski definition) is 1. The van der Waals surface area contributed by atoms with Crippen LogP contribution in [0.3, 0.4) is 0 Å². The van der Waals surface area contributed by atoms with Crippen LogP contribution in [-0.4, -0.2) is 10.8 Å². The summed E-state index contributed by atoms with van der Waals surface area (Å²) in [6.07, 6.45) is 2.53. The normalized spacial score (nSPS) is 12.5. The average Bonchev–Trinajstić information content (AvgIpc) is 2.94. The standard InChI is InChI=1S/C18H16ClNO/c1-2-13(12-7-4-3-5-8-12)18(21)14-11-20-16-10-6-9-15(19)17(14)16/h3-11,13,20H,2H2,1H3. The van der Waals surface area contributed by atoms with Crippen LogP contribution in [0.1, 0.15) is 35.2 Å². The summed E-state index contributed by atoms with van der Waals surface area (Å²) >= 11 is 6.27. The van der Waals surface area contributed by atoms with Crippen LogP contribution in [0, 0.1) is 0 Å². The van der Waals surface area contributed by atoms with Gasteiger partial charge in [0.25, 0.3) is 0 Å². The lowest BCUT2D eigenvalue weighted by molar-refractivity contribution is 0.0959. The van der Waals surface area contributed by atoms with Crippen molar-refractivity contribution < 1.29 is 4.79 Å². The molecule has 3 rings (SSSR count). The Bertz CT molecular complexity index is 776. The van der Waals surface area contributed by atoms with Gasteiger partial charge in [-0.2, -0.15) is 0 Å². The van der Waals surface area contributed by atoms with Crippen LogP contribution in [-0.2, 0) is 0 Å². The van der Waals surface area contributed by atoms with E-state index in [4.69, 9.17) is 11.6 Å². The number of carbonyl (C=O) groups is 1. The van der Waals surface area contributed by atoms with Crippen molar-refractivity contribution in [3.05, 3.63) is 70.9 Å². The smallest absolute Gasteiger partial charge is 0.172 e. The zero-order valence-corrected chi connectivity index (χ0v) is 12.5. The van der Waals surface area contributed by atoms with E-state index in [1.807, 2.05) is 55.5 Å². The van der Waals surface area contributed by atoms with Crippen molar-refractivity contribution >= 4 is 28.3 Å². The van der Waals surface area contributed by atoms with Crippen LogP contribution >= 0.6 is 11.6 Å². The highest BCUT2D eigenvalue weighted by molar-refractivity contribution is 6.37. The van der Waals surface area contributed by atoms with Crippen LogP contribution < -0.4 is 0 Å². The number of rotatable bonds is 4. The largest absolute Gasteiger partial charge is 0.360 e. The number of Topliss-reactive ketones (excluding diaryl/α,β-unsaturated/α-hetero) is 1. The topological polar surface area (TPSA) is 32.9 Å². The quantitative estimate of drug-likeness (QED) is 0.660. The second-order valence-corrected chi connectivity index (χ2v) is 5.51. The molecular formula is C18H16ClNO. The number of H-pyrrole nitrogens is 1. The van der Waals surface area contributed by atoms with E-state index in [1.54, 1.807) is 6.20 Å². The highest BCUT2D eigenvalue weighted by atomic mass is 35.5. The first kappa shape index (κ1) is 13.9. The summed E-state index contributed by atoms with van der Waals surface area (Å²) in [6, 6.07) is 15.5. The summed E-state index contributed by atoms with van der Waals surface area (Å²) in [7, 11) is 0. The maximum Gasteiger partial charge on any atom is 0.172 e. The van der Waals surface area contributed by atoms with Crippen molar-refractivity contribution in [2.24, 2.45) is 0 Å². The lowest BCUT2D eigenvalue weighted by Crippen LogP contribution is -2.11.